The van der Waals surface area contributed by atoms with Gasteiger partial charge in [-0.3, -0.25) is 0 Å². The maximum atomic E-state index is 6.12. The Labute approximate surface area is 182 Å². The third kappa shape index (κ3) is 6.91. The third-order valence-electron chi connectivity index (χ3n) is 5.89. The average molecular weight is 408 g/mol. The number of hydrogen-bond acceptors (Lipinski definition) is 3. The molecule has 0 bridgehead atoms. The molecule has 2 aromatic carbocycles. The van der Waals surface area contributed by atoms with Crippen molar-refractivity contribution < 1.29 is 9.47 Å². The van der Waals surface area contributed by atoms with Gasteiger partial charge in [0.15, 0.2) is 0 Å². The second-order valence-corrected chi connectivity index (χ2v) is 8.41. The van der Waals surface area contributed by atoms with E-state index in [1.54, 1.807) is 0 Å². The van der Waals surface area contributed by atoms with Crippen LogP contribution in [0, 0.1) is 0 Å². The van der Waals surface area contributed by atoms with Crippen molar-refractivity contribution in [3.8, 4) is 16.9 Å². The average Bonchev–Trinajstić information content (AvgIpc) is 2.78. The monoisotopic (exact) mass is 407 g/mol. The van der Waals surface area contributed by atoms with Crippen molar-refractivity contribution in [3.63, 3.8) is 0 Å². The summed E-state index contributed by atoms with van der Waals surface area (Å²) in [6.07, 6.45) is 8.73. The van der Waals surface area contributed by atoms with E-state index in [9.17, 15) is 0 Å². The van der Waals surface area contributed by atoms with Gasteiger partial charge in [0, 0.05) is 18.7 Å². The molecule has 0 N–H and O–H groups in total. The van der Waals surface area contributed by atoms with E-state index in [0.29, 0.717) is 0 Å². The first-order chi connectivity index (χ1) is 14.7. The lowest BCUT2D eigenvalue weighted by atomic mass is 10.0. The lowest BCUT2D eigenvalue weighted by Gasteiger charge is -2.29. The minimum atomic E-state index is 0.285. The van der Waals surface area contributed by atoms with E-state index in [1.165, 1.54) is 36.8 Å². The Hall–Kier alpha value is -2.26. The van der Waals surface area contributed by atoms with Crippen LogP contribution < -0.4 is 4.74 Å². The Morgan fingerprint density at radius 2 is 1.50 bits per heavy atom. The lowest BCUT2D eigenvalue weighted by molar-refractivity contribution is 0.0918. The molecule has 1 aliphatic rings. The molecule has 0 radical (unpaired) electrons. The first-order valence-corrected chi connectivity index (χ1v) is 11.5. The molecule has 1 fully saturated rings. The maximum Gasteiger partial charge on any atom is 0.119 e. The molecule has 162 valence electrons. The molecule has 0 aliphatic carbocycles. The van der Waals surface area contributed by atoms with Gasteiger partial charge >= 0.3 is 0 Å². The number of ether oxygens (including phenoxy) is 2. The van der Waals surface area contributed by atoms with E-state index in [-0.39, 0.29) is 6.10 Å². The molecule has 0 saturated carbocycles. The van der Waals surface area contributed by atoms with Gasteiger partial charge < -0.3 is 14.4 Å². The van der Waals surface area contributed by atoms with Crippen molar-refractivity contribution in [2.45, 2.75) is 58.0 Å². The van der Waals surface area contributed by atoms with Crippen LogP contribution in [0.1, 0.15) is 57.4 Å². The molecule has 1 aliphatic heterocycles. The number of rotatable bonds is 11. The SMILES string of the molecule is C=C(OC1CCN(C)CC1)c1ccc(-c2ccc(OCCCCCCC)cc2)cc1. The van der Waals surface area contributed by atoms with Gasteiger partial charge in [0.25, 0.3) is 0 Å². The highest BCUT2D eigenvalue weighted by atomic mass is 16.5. The van der Waals surface area contributed by atoms with E-state index in [4.69, 9.17) is 9.47 Å². The predicted octanol–water partition coefficient (Wildman–Crippen LogP) is 6.78. The van der Waals surface area contributed by atoms with Crippen LogP contribution in [-0.2, 0) is 4.74 Å². The van der Waals surface area contributed by atoms with Crippen molar-refractivity contribution in [1.29, 1.82) is 0 Å². The van der Waals surface area contributed by atoms with Gasteiger partial charge in [0.05, 0.1) is 6.61 Å². The van der Waals surface area contributed by atoms with Crippen molar-refractivity contribution in [3.05, 3.63) is 60.7 Å². The van der Waals surface area contributed by atoms with Crippen molar-refractivity contribution in [2.75, 3.05) is 26.7 Å². The van der Waals surface area contributed by atoms with Crippen LogP contribution in [0.25, 0.3) is 16.9 Å². The Morgan fingerprint density at radius 3 is 2.13 bits per heavy atom. The summed E-state index contributed by atoms with van der Waals surface area (Å²) < 4.78 is 12.0. The van der Waals surface area contributed by atoms with Gasteiger partial charge in [0.2, 0.25) is 0 Å². The summed E-state index contributed by atoms with van der Waals surface area (Å²) in [5, 5.41) is 0. The molecular formula is C27H37NO2. The van der Waals surface area contributed by atoms with Gasteiger partial charge in [0.1, 0.15) is 17.6 Å². The Morgan fingerprint density at radius 1 is 0.900 bits per heavy atom. The van der Waals surface area contributed by atoms with Crippen LogP contribution in [-0.4, -0.2) is 37.7 Å². The highest BCUT2D eigenvalue weighted by Gasteiger charge is 2.18. The summed E-state index contributed by atoms with van der Waals surface area (Å²) >= 11 is 0. The summed E-state index contributed by atoms with van der Waals surface area (Å²) in [6, 6.07) is 16.9. The van der Waals surface area contributed by atoms with Crippen molar-refractivity contribution in [2.24, 2.45) is 0 Å². The fraction of sp³-hybridized carbons (Fsp3) is 0.481. The van der Waals surface area contributed by atoms with Crippen LogP contribution >= 0.6 is 0 Å². The largest absolute Gasteiger partial charge is 0.494 e. The van der Waals surface area contributed by atoms with Gasteiger partial charge in [-0.05, 0) is 49.6 Å². The minimum absolute atomic E-state index is 0.285. The van der Waals surface area contributed by atoms with Crippen LogP contribution in [0.15, 0.2) is 55.1 Å². The third-order valence-corrected chi connectivity index (χ3v) is 5.89. The summed E-state index contributed by atoms with van der Waals surface area (Å²) in [5.41, 5.74) is 3.44. The quantitative estimate of drug-likeness (QED) is 0.302. The fourth-order valence-corrected chi connectivity index (χ4v) is 3.86. The molecule has 1 heterocycles. The van der Waals surface area contributed by atoms with E-state index in [1.807, 2.05) is 0 Å². The van der Waals surface area contributed by atoms with Gasteiger partial charge in [-0.15, -0.1) is 0 Å². The first-order valence-electron chi connectivity index (χ1n) is 11.5. The summed E-state index contributed by atoms with van der Waals surface area (Å²) in [4.78, 5) is 2.35. The van der Waals surface area contributed by atoms with Crippen molar-refractivity contribution in [1.82, 2.24) is 4.90 Å². The highest BCUT2D eigenvalue weighted by Crippen LogP contribution is 2.26. The molecule has 0 aromatic heterocycles. The van der Waals surface area contributed by atoms with E-state index >= 15 is 0 Å². The summed E-state index contributed by atoms with van der Waals surface area (Å²) in [6.45, 7) is 9.38. The normalized spacial score (nSPS) is 15.1. The fourth-order valence-electron chi connectivity index (χ4n) is 3.86. The lowest BCUT2D eigenvalue weighted by Crippen LogP contribution is -2.33. The molecule has 3 nitrogen and oxygen atoms in total. The molecule has 0 atom stereocenters. The molecule has 2 aromatic rings. The zero-order chi connectivity index (χ0) is 21.2. The number of hydrogen-bond donors (Lipinski definition) is 0. The molecule has 3 rings (SSSR count). The topological polar surface area (TPSA) is 21.7 Å². The van der Waals surface area contributed by atoms with Gasteiger partial charge in [-0.25, -0.2) is 0 Å². The van der Waals surface area contributed by atoms with Gasteiger partial charge in [-0.2, -0.15) is 0 Å². The second-order valence-electron chi connectivity index (χ2n) is 8.41. The second kappa shape index (κ2) is 11.8. The van der Waals surface area contributed by atoms with Crippen LogP contribution in [0.2, 0.25) is 0 Å². The maximum absolute atomic E-state index is 6.12. The standard InChI is InChI=1S/C27H37NO2/c1-4-5-6-7-8-21-29-26-15-13-25(14-16-26)24-11-9-23(10-12-24)22(2)30-27-17-19-28(3)20-18-27/h9-16,27H,2,4-8,17-21H2,1,3H3. The molecule has 3 heteroatoms. The minimum Gasteiger partial charge on any atom is -0.494 e. The van der Waals surface area contributed by atoms with Gasteiger partial charge in [-0.1, -0.05) is 75.6 Å². The smallest absolute Gasteiger partial charge is 0.119 e. The Bertz CT molecular complexity index is 758. The number of benzene rings is 2. The molecular weight excluding hydrogens is 370 g/mol. The summed E-state index contributed by atoms with van der Waals surface area (Å²) in [7, 11) is 2.16. The number of nitrogens with zero attached hydrogens (tertiary/aromatic N) is 1. The number of unbranched alkanes of at least 4 members (excludes halogenated alkanes) is 4. The summed E-state index contributed by atoms with van der Waals surface area (Å²) in [5.74, 6) is 1.73. The van der Waals surface area contributed by atoms with Crippen LogP contribution in [0.3, 0.4) is 0 Å². The predicted molar refractivity (Wildman–Crippen MR) is 127 cm³/mol. The van der Waals surface area contributed by atoms with Crippen LogP contribution in [0.4, 0.5) is 0 Å². The van der Waals surface area contributed by atoms with Crippen molar-refractivity contribution >= 4 is 5.76 Å². The highest BCUT2D eigenvalue weighted by molar-refractivity contribution is 5.67. The Kier molecular flexibility index (Phi) is 8.82. The van der Waals surface area contributed by atoms with Crippen LogP contribution in [0.5, 0.6) is 5.75 Å². The molecule has 1 saturated heterocycles. The zero-order valence-electron chi connectivity index (χ0n) is 18.7. The van der Waals surface area contributed by atoms with E-state index < -0.39 is 0 Å². The number of piperidine rings is 1. The zero-order valence-corrected chi connectivity index (χ0v) is 18.7. The molecule has 30 heavy (non-hydrogen) atoms. The van der Waals surface area contributed by atoms with E-state index in [2.05, 4.69) is 74.0 Å². The molecule has 0 amide bonds. The molecule has 0 spiro atoms. The van der Waals surface area contributed by atoms with E-state index in [0.717, 1.165) is 56.0 Å². The molecule has 0 unspecified atom stereocenters. The number of likely N-dealkylation sites (tertiary alicyclic amines) is 1. The Balaban J connectivity index is 1.47. The first kappa shape index (κ1) is 22.4.